The zero-order valence-electron chi connectivity index (χ0n) is 9.79. The minimum atomic E-state index is 0.153. The number of rotatable bonds is 1. The lowest BCUT2D eigenvalue weighted by Crippen LogP contribution is -2.26. The molecule has 90 valence electrons. The fraction of sp³-hybridized carbons (Fsp3) is 0.462. The lowest BCUT2D eigenvalue weighted by Gasteiger charge is -2.26. The van der Waals surface area contributed by atoms with Gasteiger partial charge in [-0.25, -0.2) is 0 Å². The SMILES string of the molecule is CC1(n2c(=S)[nH]c3c(Cl)cccc32)CCCC1. The molecule has 0 aliphatic heterocycles. The maximum Gasteiger partial charge on any atom is 0.178 e. The van der Waals surface area contributed by atoms with Gasteiger partial charge in [-0.15, -0.1) is 0 Å². The van der Waals surface area contributed by atoms with Crippen LogP contribution in [0.25, 0.3) is 11.0 Å². The number of hydrogen-bond donors (Lipinski definition) is 1. The van der Waals surface area contributed by atoms with E-state index in [0.29, 0.717) is 0 Å². The van der Waals surface area contributed by atoms with Crippen molar-refractivity contribution in [3.05, 3.63) is 28.0 Å². The number of aromatic nitrogens is 2. The van der Waals surface area contributed by atoms with Crippen LogP contribution in [0.3, 0.4) is 0 Å². The second-order valence-corrected chi connectivity index (χ2v) is 5.90. The maximum absolute atomic E-state index is 6.20. The second kappa shape index (κ2) is 3.85. The summed E-state index contributed by atoms with van der Waals surface area (Å²) in [4.78, 5) is 3.24. The molecule has 2 aromatic rings. The van der Waals surface area contributed by atoms with E-state index in [0.717, 1.165) is 20.8 Å². The van der Waals surface area contributed by atoms with Crippen LogP contribution in [0.2, 0.25) is 5.02 Å². The van der Waals surface area contributed by atoms with Gasteiger partial charge in [-0.1, -0.05) is 30.5 Å². The molecule has 1 saturated carbocycles. The zero-order valence-corrected chi connectivity index (χ0v) is 11.4. The van der Waals surface area contributed by atoms with Crippen molar-refractivity contribution in [2.75, 3.05) is 0 Å². The lowest BCUT2D eigenvalue weighted by atomic mass is 10.0. The van der Waals surface area contributed by atoms with E-state index in [4.69, 9.17) is 23.8 Å². The number of nitrogens with one attached hydrogen (secondary N) is 1. The van der Waals surface area contributed by atoms with Crippen molar-refractivity contribution in [1.29, 1.82) is 0 Å². The van der Waals surface area contributed by atoms with Crippen LogP contribution in [0.15, 0.2) is 18.2 Å². The number of H-pyrrole nitrogens is 1. The van der Waals surface area contributed by atoms with Crippen molar-refractivity contribution < 1.29 is 0 Å². The maximum atomic E-state index is 6.20. The second-order valence-electron chi connectivity index (χ2n) is 5.10. The van der Waals surface area contributed by atoms with Gasteiger partial charge < -0.3 is 9.55 Å². The Morgan fingerprint density at radius 2 is 2.06 bits per heavy atom. The molecule has 17 heavy (non-hydrogen) atoms. The summed E-state index contributed by atoms with van der Waals surface area (Å²) in [5.74, 6) is 0. The fourth-order valence-corrected chi connectivity index (χ4v) is 3.63. The third-order valence-electron chi connectivity index (χ3n) is 3.89. The van der Waals surface area contributed by atoms with E-state index in [1.54, 1.807) is 0 Å². The summed E-state index contributed by atoms with van der Waals surface area (Å²) in [5, 5.41) is 0.744. The van der Waals surface area contributed by atoms with Crippen LogP contribution in [-0.4, -0.2) is 9.55 Å². The summed E-state index contributed by atoms with van der Waals surface area (Å²) in [5.41, 5.74) is 2.25. The molecule has 0 bridgehead atoms. The van der Waals surface area contributed by atoms with Crippen LogP contribution >= 0.6 is 23.8 Å². The van der Waals surface area contributed by atoms with Gasteiger partial charge in [-0.05, 0) is 44.1 Å². The molecule has 0 radical (unpaired) electrons. The molecule has 0 spiro atoms. The van der Waals surface area contributed by atoms with Gasteiger partial charge in [-0.3, -0.25) is 0 Å². The Kier molecular flexibility index (Phi) is 2.56. The summed E-state index contributed by atoms with van der Waals surface area (Å²) in [6.45, 7) is 2.30. The Labute approximate surface area is 111 Å². The number of fused-ring (bicyclic) bond motifs is 1. The highest BCUT2D eigenvalue weighted by Crippen LogP contribution is 2.39. The van der Waals surface area contributed by atoms with E-state index < -0.39 is 0 Å². The Balaban J connectivity index is 2.33. The van der Waals surface area contributed by atoms with E-state index >= 15 is 0 Å². The van der Waals surface area contributed by atoms with Crippen molar-refractivity contribution >= 4 is 34.9 Å². The Morgan fingerprint density at radius 3 is 2.76 bits per heavy atom. The summed E-state index contributed by atoms with van der Waals surface area (Å²) in [7, 11) is 0. The first-order chi connectivity index (χ1) is 8.12. The highest BCUT2D eigenvalue weighted by Gasteiger charge is 2.32. The van der Waals surface area contributed by atoms with Gasteiger partial charge in [0.1, 0.15) is 0 Å². The quantitative estimate of drug-likeness (QED) is 0.746. The first kappa shape index (κ1) is 11.3. The average Bonchev–Trinajstić information content (AvgIpc) is 2.83. The van der Waals surface area contributed by atoms with Gasteiger partial charge in [0, 0.05) is 5.54 Å². The number of benzene rings is 1. The summed E-state index contributed by atoms with van der Waals surface area (Å²) >= 11 is 11.7. The number of para-hydroxylation sites is 1. The Hall–Kier alpha value is -0.800. The number of halogens is 1. The molecule has 1 aliphatic carbocycles. The summed E-state index contributed by atoms with van der Waals surface area (Å²) in [6, 6.07) is 5.98. The molecule has 0 saturated heterocycles. The van der Waals surface area contributed by atoms with Crippen LogP contribution in [-0.2, 0) is 5.54 Å². The van der Waals surface area contributed by atoms with Crippen molar-refractivity contribution in [2.24, 2.45) is 0 Å². The molecule has 1 aromatic carbocycles. The van der Waals surface area contributed by atoms with Crippen molar-refractivity contribution in [2.45, 2.75) is 38.1 Å². The smallest absolute Gasteiger partial charge is 0.178 e. The van der Waals surface area contributed by atoms with Gasteiger partial charge in [0.25, 0.3) is 0 Å². The van der Waals surface area contributed by atoms with Gasteiger partial charge in [0.2, 0.25) is 0 Å². The predicted octanol–water partition coefficient (Wildman–Crippen LogP) is 4.64. The average molecular weight is 267 g/mol. The van der Waals surface area contributed by atoms with E-state index in [2.05, 4.69) is 22.5 Å². The van der Waals surface area contributed by atoms with E-state index in [1.807, 2.05) is 12.1 Å². The molecule has 0 unspecified atom stereocenters. The zero-order chi connectivity index (χ0) is 12.0. The largest absolute Gasteiger partial charge is 0.329 e. The molecule has 0 atom stereocenters. The molecule has 0 amide bonds. The summed E-state index contributed by atoms with van der Waals surface area (Å²) < 4.78 is 3.05. The molecule has 1 fully saturated rings. The molecule has 1 N–H and O–H groups in total. The van der Waals surface area contributed by atoms with Gasteiger partial charge in [0.15, 0.2) is 4.77 Å². The number of hydrogen-bond acceptors (Lipinski definition) is 1. The van der Waals surface area contributed by atoms with E-state index in [9.17, 15) is 0 Å². The standard InChI is InChI=1S/C13H15ClN2S/c1-13(7-2-3-8-13)16-10-6-4-5-9(14)11(10)15-12(16)17/h4-6H,2-3,7-8H2,1H3,(H,15,17). The molecular weight excluding hydrogens is 252 g/mol. The molecule has 4 heteroatoms. The van der Waals surface area contributed by atoms with Gasteiger partial charge in [0.05, 0.1) is 16.1 Å². The Morgan fingerprint density at radius 1 is 1.35 bits per heavy atom. The predicted molar refractivity (Wildman–Crippen MR) is 74.2 cm³/mol. The highest BCUT2D eigenvalue weighted by molar-refractivity contribution is 7.71. The van der Waals surface area contributed by atoms with Crippen molar-refractivity contribution in [1.82, 2.24) is 9.55 Å². The highest BCUT2D eigenvalue weighted by atomic mass is 35.5. The Bertz CT molecular complexity index is 620. The monoisotopic (exact) mass is 266 g/mol. The molecule has 3 rings (SSSR count). The topological polar surface area (TPSA) is 20.7 Å². The first-order valence-electron chi connectivity index (χ1n) is 6.02. The van der Waals surface area contributed by atoms with Crippen molar-refractivity contribution in [3.63, 3.8) is 0 Å². The minimum absolute atomic E-state index is 0.153. The van der Waals surface area contributed by atoms with Crippen LogP contribution in [0.5, 0.6) is 0 Å². The van der Waals surface area contributed by atoms with Gasteiger partial charge in [-0.2, -0.15) is 0 Å². The van der Waals surface area contributed by atoms with E-state index in [1.165, 1.54) is 25.7 Å². The molecule has 2 nitrogen and oxygen atoms in total. The third kappa shape index (κ3) is 1.64. The van der Waals surface area contributed by atoms with Crippen LogP contribution in [0.4, 0.5) is 0 Å². The first-order valence-corrected chi connectivity index (χ1v) is 6.80. The fourth-order valence-electron chi connectivity index (χ4n) is 2.99. The molecule has 1 aromatic heterocycles. The molecular formula is C13H15ClN2S. The number of aromatic amines is 1. The van der Waals surface area contributed by atoms with Gasteiger partial charge >= 0.3 is 0 Å². The normalized spacial score (nSPS) is 18.9. The van der Waals surface area contributed by atoms with Crippen LogP contribution in [0.1, 0.15) is 32.6 Å². The number of nitrogens with zero attached hydrogens (tertiary/aromatic N) is 1. The van der Waals surface area contributed by atoms with Crippen LogP contribution < -0.4 is 0 Å². The van der Waals surface area contributed by atoms with Crippen molar-refractivity contribution in [3.8, 4) is 0 Å². The third-order valence-corrected chi connectivity index (χ3v) is 4.49. The van der Waals surface area contributed by atoms with E-state index in [-0.39, 0.29) is 5.54 Å². The minimum Gasteiger partial charge on any atom is -0.329 e. The number of imidazole rings is 1. The summed E-state index contributed by atoms with van der Waals surface area (Å²) in [6.07, 6.45) is 4.96. The lowest BCUT2D eigenvalue weighted by molar-refractivity contribution is 0.335. The molecule has 1 aliphatic rings. The molecule has 1 heterocycles. The van der Waals surface area contributed by atoms with Crippen LogP contribution in [0, 0.1) is 4.77 Å².